The normalized spacial score (nSPS) is 11.1. The summed E-state index contributed by atoms with van der Waals surface area (Å²) in [5, 5.41) is 4.21. The molecule has 0 bridgehead atoms. The maximum atomic E-state index is 12.6. The van der Waals surface area contributed by atoms with Gasteiger partial charge in [0.15, 0.2) is 12.4 Å². The van der Waals surface area contributed by atoms with Gasteiger partial charge >= 0.3 is 5.97 Å². The fourth-order valence-electron chi connectivity index (χ4n) is 3.46. The number of nitrogens with zero attached hydrogens (tertiary/aromatic N) is 4. The Morgan fingerprint density at radius 1 is 1.11 bits per heavy atom. The van der Waals surface area contributed by atoms with Crippen LogP contribution in [0.5, 0.6) is 0 Å². The number of pyridine rings is 1. The van der Waals surface area contributed by atoms with E-state index < -0.39 is 5.97 Å². The molecule has 3 aromatic rings. The summed E-state index contributed by atoms with van der Waals surface area (Å²) >= 11 is 0. The van der Waals surface area contributed by atoms with Crippen LogP contribution in [0.3, 0.4) is 0 Å². The maximum Gasteiger partial charge on any atom is 0.342 e. The summed E-state index contributed by atoms with van der Waals surface area (Å²) in [5.74, 6) is -0.190. The number of rotatable bonds is 6. The molecule has 0 unspecified atom stereocenters. The highest BCUT2D eigenvalue weighted by Crippen LogP contribution is 2.21. The van der Waals surface area contributed by atoms with E-state index in [4.69, 9.17) is 4.74 Å². The molecule has 0 spiro atoms. The van der Waals surface area contributed by atoms with E-state index in [-0.39, 0.29) is 18.4 Å². The van der Waals surface area contributed by atoms with Gasteiger partial charge in [0.05, 0.1) is 11.9 Å². The van der Waals surface area contributed by atoms with E-state index in [1.165, 1.54) is 6.20 Å². The second-order valence-electron chi connectivity index (χ2n) is 6.99. The van der Waals surface area contributed by atoms with Crippen LogP contribution >= 0.6 is 0 Å². The zero-order valence-corrected chi connectivity index (χ0v) is 16.8. The van der Waals surface area contributed by atoms with Crippen molar-refractivity contribution in [2.45, 2.75) is 40.7 Å². The fraction of sp³-hybridized carbons (Fsp3) is 0.333. The highest BCUT2D eigenvalue weighted by Gasteiger charge is 2.21. The number of carbonyl (C=O) groups excluding carboxylic acids is 2. The second-order valence-corrected chi connectivity index (χ2v) is 6.99. The van der Waals surface area contributed by atoms with E-state index in [0.29, 0.717) is 22.6 Å². The van der Waals surface area contributed by atoms with Crippen LogP contribution in [0.1, 0.15) is 57.7 Å². The monoisotopic (exact) mass is 380 g/mol. The lowest BCUT2D eigenvalue weighted by Crippen LogP contribution is -2.16. The van der Waals surface area contributed by atoms with Crippen molar-refractivity contribution in [2.24, 2.45) is 0 Å². The largest absolute Gasteiger partial charge is 0.454 e. The molecule has 0 N–H and O–H groups in total. The minimum Gasteiger partial charge on any atom is -0.454 e. The molecule has 28 heavy (non-hydrogen) atoms. The molecule has 0 radical (unpaired) electrons. The van der Waals surface area contributed by atoms with Gasteiger partial charge in [-0.05, 0) is 52.8 Å². The lowest BCUT2D eigenvalue weighted by Gasteiger charge is -2.13. The summed E-state index contributed by atoms with van der Waals surface area (Å²) in [7, 11) is 0. The highest BCUT2D eigenvalue weighted by atomic mass is 16.5. The molecular formula is C21H24N4O3. The van der Waals surface area contributed by atoms with E-state index in [0.717, 1.165) is 11.4 Å². The van der Waals surface area contributed by atoms with Crippen LogP contribution < -0.4 is 0 Å². The molecule has 0 aliphatic heterocycles. The molecule has 0 fully saturated rings. The smallest absolute Gasteiger partial charge is 0.342 e. The van der Waals surface area contributed by atoms with E-state index in [1.807, 2.05) is 26.0 Å². The van der Waals surface area contributed by atoms with Gasteiger partial charge in [0.25, 0.3) is 0 Å². The van der Waals surface area contributed by atoms with Crippen LogP contribution in [0.4, 0.5) is 0 Å². The molecule has 0 aliphatic rings. The number of carbonyl (C=O) groups is 2. The van der Waals surface area contributed by atoms with Gasteiger partial charge in [0.2, 0.25) is 5.78 Å². The first-order chi connectivity index (χ1) is 13.3. The van der Waals surface area contributed by atoms with Gasteiger partial charge in [-0.3, -0.25) is 4.79 Å². The van der Waals surface area contributed by atoms with Crippen molar-refractivity contribution >= 4 is 11.8 Å². The molecule has 0 aliphatic carbocycles. The Bertz CT molecular complexity index is 1020. The number of aromatic nitrogens is 4. The molecule has 7 heteroatoms. The third-order valence-corrected chi connectivity index (χ3v) is 4.73. The van der Waals surface area contributed by atoms with Gasteiger partial charge in [0, 0.05) is 29.2 Å². The average Bonchev–Trinajstić information content (AvgIpc) is 3.19. The Hall–Kier alpha value is -3.22. The molecule has 0 aromatic carbocycles. The Kier molecular flexibility index (Phi) is 5.44. The maximum absolute atomic E-state index is 12.6. The quantitative estimate of drug-likeness (QED) is 0.482. The molecule has 0 saturated heterocycles. The molecule has 3 rings (SSSR count). The zero-order chi connectivity index (χ0) is 20.4. The molecule has 7 nitrogen and oxygen atoms in total. The van der Waals surface area contributed by atoms with Crippen molar-refractivity contribution in [1.82, 2.24) is 19.3 Å². The zero-order valence-electron chi connectivity index (χ0n) is 16.8. The molecule has 3 heterocycles. The number of aryl methyl sites for hydroxylation is 1. The summed E-state index contributed by atoms with van der Waals surface area (Å²) in [6.07, 6.45) is 3.09. The Morgan fingerprint density at radius 3 is 2.46 bits per heavy atom. The average molecular weight is 380 g/mol. The summed E-state index contributed by atoms with van der Waals surface area (Å²) in [4.78, 5) is 29.3. The van der Waals surface area contributed by atoms with Crippen molar-refractivity contribution in [3.05, 3.63) is 64.9 Å². The summed E-state index contributed by atoms with van der Waals surface area (Å²) < 4.78 is 8.92. The van der Waals surface area contributed by atoms with E-state index >= 15 is 0 Å². The summed E-state index contributed by atoms with van der Waals surface area (Å²) in [5.41, 5.74) is 3.39. The van der Waals surface area contributed by atoms with Gasteiger partial charge in [-0.15, -0.1) is 0 Å². The van der Waals surface area contributed by atoms with Gasteiger partial charge in [-0.2, -0.15) is 5.10 Å². The van der Waals surface area contributed by atoms with Crippen molar-refractivity contribution < 1.29 is 14.3 Å². The SMILES string of the molecule is Cc1c(C(=O)OCC(=O)c2cc(C)n(C(C)C)c2C)cnn1-c1ccccn1. The number of ketones is 1. The highest BCUT2D eigenvalue weighted by molar-refractivity contribution is 6.00. The van der Waals surface area contributed by atoms with Crippen LogP contribution in [-0.4, -0.2) is 37.7 Å². The molecule has 146 valence electrons. The van der Waals surface area contributed by atoms with Crippen LogP contribution in [0, 0.1) is 20.8 Å². The van der Waals surface area contributed by atoms with Crippen molar-refractivity contribution in [3.8, 4) is 5.82 Å². The minimum atomic E-state index is -0.578. The van der Waals surface area contributed by atoms with Gasteiger partial charge in [-0.1, -0.05) is 6.07 Å². The van der Waals surface area contributed by atoms with Crippen molar-refractivity contribution in [2.75, 3.05) is 6.61 Å². The first-order valence-corrected chi connectivity index (χ1v) is 9.16. The molecule has 0 saturated carbocycles. The molecule has 3 aromatic heterocycles. The van der Waals surface area contributed by atoms with Crippen LogP contribution in [0.2, 0.25) is 0 Å². The predicted octanol–water partition coefficient (Wildman–Crippen LogP) is 3.61. The Labute approximate surface area is 164 Å². The Morgan fingerprint density at radius 2 is 1.86 bits per heavy atom. The van der Waals surface area contributed by atoms with Gasteiger partial charge in [0.1, 0.15) is 5.56 Å². The lowest BCUT2D eigenvalue weighted by atomic mass is 10.1. The van der Waals surface area contributed by atoms with E-state index in [9.17, 15) is 9.59 Å². The molecular weight excluding hydrogens is 356 g/mol. The van der Waals surface area contributed by atoms with Crippen LogP contribution in [0.25, 0.3) is 5.82 Å². The minimum absolute atomic E-state index is 0.219. The fourth-order valence-corrected chi connectivity index (χ4v) is 3.46. The molecule has 0 amide bonds. The van der Waals surface area contributed by atoms with Crippen molar-refractivity contribution in [1.29, 1.82) is 0 Å². The van der Waals surface area contributed by atoms with Crippen molar-refractivity contribution in [3.63, 3.8) is 0 Å². The second kappa shape index (κ2) is 7.80. The van der Waals surface area contributed by atoms with Crippen LogP contribution in [-0.2, 0) is 4.74 Å². The summed E-state index contributed by atoms with van der Waals surface area (Å²) in [6.45, 7) is 9.45. The van der Waals surface area contributed by atoms with Gasteiger partial charge < -0.3 is 9.30 Å². The summed E-state index contributed by atoms with van der Waals surface area (Å²) in [6, 6.07) is 7.54. The third kappa shape index (κ3) is 3.60. The topological polar surface area (TPSA) is 79.0 Å². The lowest BCUT2D eigenvalue weighted by molar-refractivity contribution is 0.0473. The van der Waals surface area contributed by atoms with E-state index in [1.54, 1.807) is 29.9 Å². The van der Waals surface area contributed by atoms with Crippen LogP contribution in [0.15, 0.2) is 36.7 Å². The molecule has 0 atom stereocenters. The third-order valence-electron chi connectivity index (χ3n) is 4.73. The standard InChI is InChI=1S/C21H24N4O3/c1-13(2)24-14(3)10-17(15(24)4)19(26)12-28-21(27)18-11-23-25(16(18)5)20-8-6-7-9-22-20/h6-11,13H,12H2,1-5H3. The first kappa shape index (κ1) is 19.5. The van der Waals surface area contributed by atoms with Gasteiger partial charge in [-0.25, -0.2) is 14.5 Å². The Balaban J connectivity index is 1.72. The number of esters is 1. The number of Topliss-reactive ketones (excluding diaryl/α,β-unsaturated/α-hetero) is 1. The number of ether oxygens (including phenoxy) is 1. The first-order valence-electron chi connectivity index (χ1n) is 9.16. The predicted molar refractivity (Wildman–Crippen MR) is 105 cm³/mol. The number of hydrogen-bond acceptors (Lipinski definition) is 5. The van der Waals surface area contributed by atoms with E-state index in [2.05, 4.69) is 28.5 Å². The number of hydrogen-bond donors (Lipinski definition) is 0.